The van der Waals surface area contributed by atoms with Crippen LogP contribution >= 0.6 is 0 Å². The van der Waals surface area contributed by atoms with E-state index in [1.807, 2.05) is 25.5 Å². The van der Waals surface area contributed by atoms with Crippen LogP contribution < -0.4 is 5.32 Å². The highest BCUT2D eigenvalue weighted by atomic mass is 15.4. The van der Waals surface area contributed by atoms with Crippen LogP contribution in [0.2, 0.25) is 0 Å². The summed E-state index contributed by atoms with van der Waals surface area (Å²) in [7, 11) is 0. The smallest absolute Gasteiger partial charge is 0.147 e. The second-order valence-corrected chi connectivity index (χ2v) is 11.1. The quantitative estimate of drug-likeness (QED) is 0.308. The number of aromatic nitrogens is 3. The largest absolute Gasteiger partial charge is 0.381 e. The third-order valence-electron chi connectivity index (χ3n) is 8.32. The fraction of sp³-hybridized carbons (Fsp3) is 0.438. The van der Waals surface area contributed by atoms with Crippen LogP contribution in [0.3, 0.4) is 0 Å². The Bertz CT molecular complexity index is 1260. The highest BCUT2D eigenvalue weighted by Crippen LogP contribution is 2.37. The first-order valence-electron chi connectivity index (χ1n) is 13.4. The standard InChI is InChI=1S/C32H43N5/c1-21(2)32(9,37-27(8)34-26(7)35-37)18-23(4)25(6)33-19-28-11-10-12-29-15-16-36(20-30(29)14-13-28)31-17-22(3)24(31)5/h10-11,13,17,24,33H,1,3-4,6,12,14-16,18-20H2,2,5,7-9H3. The Morgan fingerprint density at radius 3 is 2.57 bits per heavy atom. The van der Waals surface area contributed by atoms with E-state index in [0.717, 1.165) is 67.4 Å². The van der Waals surface area contributed by atoms with Gasteiger partial charge in [0.2, 0.25) is 0 Å². The maximum Gasteiger partial charge on any atom is 0.147 e. The van der Waals surface area contributed by atoms with Crippen molar-refractivity contribution < 1.29 is 0 Å². The molecule has 0 saturated heterocycles. The van der Waals surface area contributed by atoms with E-state index in [1.165, 1.54) is 16.8 Å². The van der Waals surface area contributed by atoms with E-state index in [4.69, 9.17) is 0 Å². The van der Waals surface area contributed by atoms with Gasteiger partial charge in [0.25, 0.3) is 0 Å². The molecule has 3 aliphatic rings. The van der Waals surface area contributed by atoms with E-state index >= 15 is 0 Å². The van der Waals surface area contributed by atoms with Crippen LogP contribution in [-0.4, -0.2) is 39.3 Å². The first-order chi connectivity index (χ1) is 17.5. The average molecular weight is 498 g/mol. The fourth-order valence-corrected chi connectivity index (χ4v) is 5.50. The van der Waals surface area contributed by atoms with Crippen LogP contribution in [0.25, 0.3) is 0 Å². The molecule has 0 spiro atoms. The van der Waals surface area contributed by atoms with E-state index in [0.29, 0.717) is 12.3 Å². The van der Waals surface area contributed by atoms with Crippen LogP contribution in [0.1, 0.15) is 58.1 Å². The van der Waals surface area contributed by atoms with Crippen molar-refractivity contribution in [3.8, 4) is 0 Å². The van der Waals surface area contributed by atoms with Crippen LogP contribution in [0, 0.1) is 19.8 Å². The average Bonchev–Trinajstić information content (AvgIpc) is 3.20. The van der Waals surface area contributed by atoms with E-state index in [-0.39, 0.29) is 0 Å². The zero-order valence-electron chi connectivity index (χ0n) is 23.5. The van der Waals surface area contributed by atoms with Crippen molar-refractivity contribution in [2.75, 3.05) is 19.6 Å². The van der Waals surface area contributed by atoms with Gasteiger partial charge in [0.05, 0.1) is 5.54 Å². The Labute approximate surface area is 223 Å². The molecule has 0 fully saturated rings. The SMILES string of the molecule is C=C(CC(C)(C(=C)C)n1nc(C)nc1C)C(=C)NCC1=CCC2=C(CC=C1)CCN(C1=CC(=C)C1C)C2. The van der Waals surface area contributed by atoms with Gasteiger partial charge in [-0.3, -0.25) is 0 Å². The number of hydrogen-bond donors (Lipinski definition) is 1. The van der Waals surface area contributed by atoms with Crippen molar-refractivity contribution in [3.63, 3.8) is 0 Å². The molecule has 1 aromatic rings. The van der Waals surface area contributed by atoms with Gasteiger partial charge in [-0.15, -0.1) is 0 Å². The monoisotopic (exact) mass is 497 g/mol. The van der Waals surface area contributed by atoms with Crippen molar-refractivity contribution in [3.05, 3.63) is 107 Å². The molecule has 5 heteroatoms. The van der Waals surface area contributed by atoms with Gasteiger partial charge < -0.3 is 10.2 Å². The van der Waals surface area contributed by atoms with E-state index in [9.17, 15) is 0 Å². The van der Waals surface area contributed by atoms with E-state index in [1.54, 1.807) is 11.1 Å². The summed E-state index contributed by atoms with van der Waals surface area (Å²) in [5, 5.41) is 8.17. The molecule has 37 heavy (non-hydrogen) atoms. The highest BCUT2D eigenvalue weighted by Gasteiger charge is 2.32. The maximum atomic E-state index is 4.64. The van der Waals surface area contributed by atoms with E-state index in [2.05, 4.69) is 84.8 Å². The Kier molecular flexibility index (Phi) is 7.63. The van der Waals surface area contributed by atoms with Gasteiger partial charge >= 0.3 is 0 Å². The molecule has 0 amide bonds. The van der Waals surface area contributed by atoms with Gasteiger partial charge in [-0.2, -0.15) is 5.10 Å². The zero-order chi connectivity index (χ0) is 26.9. The van der Waals surface area contributed by atoms with Gasteiger partial charge in [-0.1, -0.05) is 62.6 Å². The summed E-state index contributed by atoms with van der Waals surface area (Å²) < 4.78 is 1.97. The predicted molar refractivity (Wildman–Crippen MR) is 155 cm³/mol. The number of nitrogens with zero attached hydrogens (tertiary/aromatic N) is 4. The summed E-state index contributed by atoms with van der Waals surface area (Å²) in [4.78, 5) is 7.05. The predicted octanol–water partition coefficient (Wildman–Crippen LogP) is 6.60. The van der Waals surface area contributed by atoms with E-state index < -0.39 is 5.54 Å². The minimum absolute atomic E-state index is 0.415. The summed E-state index contributed by atoms with van der Waals surface area (Å²) in [6.45, 7) is 30.3. The number of rotatable bonds is 9. The molecule has 0 saturated carbocycles. The number of allylic oxidation sites excluding steroid dienone is 6. The third kappa shape index (κ3) is 5.51. The molecular formula is C32H43N5. The lowest BCUT2D eigenvalue weighted by Gasteiger charge is -2.41. The second kappa shape index (κ2) is 10.6. The Morgan fingerprint density at radius 2 is 1.95 bits per heavy atom. The molecule has 196 valence electrons. The normalized spacial score (nSPS) is 21.2. The third-order valence-corrected chi connectivity index (χ3v) is 8.32. The zero-order valence-corrected chi connectivity index (χ0v) is 23.5. The lowest BCUT2D eigenvalue weighted by Crippen LogP contribution is -2.37. The Hall–Kier alpha value is -3.34. The molecule has 0 aromatic carbocycles. The molecule has 1 aliphatic heterocycles. The molecule has 1 N–H and O–H groups in total. The van der Waals surface area contributed by atoms with Crippen molar-refractivity contribution in [2.24, 2.45) is 5.92 Å². The molecular weight excluding hydrogens is 454 g/mol. The van der Waals surface area contributed by atoms with Gasteiger partial charge in [0.1, 0.15) is 11.6 Å². The Morgan fingerprint density at radius 1 is 1.19 bits per heavy atom. The molecule has 0 bridgehead atoms. The van der Waals surface area contributed by atoms with Gasteiger partial charge in [-0.25, -0.2) is 9.67 Å². The van der Waals surface area contributed by atoms with Gasteiger partial charge in [0, 0.05) is 43.4 Å². The van der Waals surface area contributed by atoms with Crippen LogP contribution in [0.4, 0.5) is 0 Å². The van der Waals surface area contributed by atoms with Crippen molar-refractivity contribution in [1.82, 2.24) is 25.0 Å². The number of aryl methyl sites for hydroxylation is 2. The molecule has 2 unspecified atom stereocenters. The summed E-state index contributed by atoms with van der Waals surface area (Å²) >= 11 is 0. The lowest BCUT2D eigenvalue weighted by atomic mass is 9.84. The van der Waals surface area contributed by atoms with Crippen LogP contribution in [0.5, 0.6) is 0 Å². The summed E-state index contributed by atoms with van der Waals surface area (Å²) in [6.07, 6.45) is 13.1. The number of nitrogens with one attached hydrogen (secondary N) is 1. The van der Waals surface area contributed by atoms with Crippen molar-refractivity contribution in [2.45, 2.75) is 65.8 Å². The minimum atomic E-state index is -0.415. The van der Waals surface area contributed by atoms with Gasteiger partial charge in [-0.05, 0) is 75.3 Å². The number of hydrogen-bond acceptors (Lipinski definition) is 4. The summed E-state index contributed by atoms with van der Waals surface area (Å²) in [5.41, 5.74) is 9.57. The fourth-order valence-electron chi connectivity index (χ4n) is 5.50. The molecule has 2 aliphatic carbocycles. The maximum absolute atomic E-state index is 4.64. The molecule has 2 heterocycles. The first-order valence-corrected chi connectivity index (χ1v) is 13.4. The molecule has 1 aromatic heterocycles. The topological polar surface area (TPSA) is 46.0 Å². The van der Waals surface area contributed by atoms with Crippen molar-refractivity contribution in [1.29, 1.82) is 0 Å². The van der Waals surface area contributed by atoms with Crippen LogP contribution in [0.15, 0.2) is 95.5 Å². The van der Waals surface area contributed by atoms with Gasteiger partial charge in [0.15, 0.2) is 0 Å². The lowest BCUT2D eigenvalue weighted by molar-refractivity contribution is 0.313. The molecule has 5 nitrogen and oxygen atoms in total. The molecule has 0 radical (unpaired) electrons. The van der Waals surface area contributed by atoms with Crippen molar-refractivity contribution >= 4 is 0 Å². The first kappa shape index (κ1) is 26.7. The molecule has 4 rings (SSSR count). The minimum Gasteiger partial charge on any atom is -0.381 e. The summed E-state index contributed by atoms with van der Waals surface area (Å²) in [5.74, 6) is 2.13. The second-order valence-electron chi connectivity index (χ2n) is 11.1. The van der Waals surface area contributed by atoms with Crippen LogP contribution in [-0.2, 0) is 5.54 Å². The summed E-state index contributed by atoms with van der Waals surface area (Å²) in [6, 6.07) is 0. The highest BCUT2D eigenvalue weighted by molar-refractivity contribution is 5.41. The Balaban J connectivity index is 1.37. The molecule has 2 atom stereocenters.